The lowest BCUT2D eigenvalue weighted by Crippen LogP contribution is -2.16. The van der Waals surface area contributed by atoms with Gasteiger partial charge in [-0.2, -0.15) is 16.9 Å². The molecule has 2 unspecified atom stereocenters. The van der Waals surface area contributed by atoms with Gasteiger partial charge in [-0.3, -0.25) is 4.79 Å². The summed E-state index contributed by atoms with van der Waals surface area (Å²) >= 11 is 1.85. The van der Waals surface area contributed by atoms with Gasteiger partial charge in [0, 0.05) is 41.7 Å². The van der Waals surface area contributed by atoms with Gasteiger partial charge < -0.3 is 14.8 Å². The number of ether oxygens (including phenoxy) is 1. The third kappa shape index (κ3) is 7.22. The number of carbonyl (C=O) groups is 1. The minimum Gasteiger partial charge on any atom is -0.481 e. The fourth-order valence-corrected chi connectivity index (χ4v) is 7.62. The standard InChI is InChI=1S/C37H40F2N4O3S/c1-22(36(44)45)17-23-7-5-8-24(18-23)26-9-6-14-37(2,3)21-47-16-13-28-27-12-15-40-32(27)20-31(39)33(28)46-25-10-11-30(38)29(19-25)35-41-34(26)42-43(35)4/h5,7-8,10-12,15,18-20,22,26,40H,6,9,13-14,16-17,21H2,1-4H3,(H,44,45). The number of benzene rings is 3. The lowest BCUT2D eigenvalue weighted by atomic mass is 9.85. The highest BCUT2D eigenvalue weighted by atomic mass is 32.2. The van der Waals surface area contributed by atoms with E-state index in [2.05, 4.69) is 24.9 Å². The molecule has 0 radical (unpaired) electrons. The molecule has 7 nitrogen and oxygen atoms in total. The van der Waals surface area contributed by atoms with E-state index in [4.69, 9.17) is 14.8 Å². The smallest absolute Gasteiger partial charge is 0.306 e. The van der Waals surface area contributed by atoms with Crippen LogP contribution in [0.2, 0.25) is 0 Å². The second kappa shape index (κ2) is 13.5. The maximum Gasteiger partial charge on any atom is 0.306 e. The van der Waals surface area contributed by atoms with Crippen molar-refractivity contribution < 1.29 is 23.4 Å². The first-order chi connectivity index (χ1) is 22.5. The number of carboxylic acid groups (broad SMARTS) is 1. The number of rotatable bonds is 4. The van der Waals surface area contributed by atoms with E-state index in [0.29, 0.717) is 35.8 Å². The highest BCUT2D eigenvalue weighted by Gasteiger charge is 2.26. The van der Waals surface area contributed by atoms with Crippen LogP contribution in [-0.2, 0) is 24.7 Å². The summed E-state index contributed by atoms with van der Waals surface area (Å²) in [4.78, 5) is 19.6. The fourth-order valence-electron chi connectivity index (χ4n) is 6.43. The minimum absolute atomic E-state index is 0.0490. The van der Waals surface area contributed by atoms with Gasteiger partial charge in [0.25, 0.3) is 0 Å². The summed E-state index contributed by atoms with van der Waals surface area (Å²) in [6.45, 7) is 6.25. The Hall–Kier alpha value is -4.18. The molecule has 3 heterocycles. The van der Waals surface area contributed by atoms with E-state index in [1.165, 1.54) is 18.2 Å². The van der Waals surface area contributed by atoms with Gasteiger partial charge in [0.2, 0.25) is 0 Å². The van der Waals surface area contributed by atoms with Crippen LogP contribution in [0.15, 0.2) is 60.8 Å². The van der Waals surface area contributed by atoms with Crippen LogP contribution in [-0.4, -0.2) is 42.3 Å². The zero-order valence-corrected chi connectivity index (χ0v) is 28.0. The van der Waals surface area contributed by atoms with E-state index >= 15 is 8.78 Å². The molecule has 246 valence electrons. The van der Waals surface area contributed by atoms with Crippen molar-refractivity contribution in [3.05, 3.63) is 94.9 Å². The van der Waals surface area contributed by atoms with Gasteiger partial charge in [-0.25, -0.2) is 18.4 Å². The number of aromatic nitrogens is 4. The summed E-state index contributed by atoms with van der Waals surface area (Å²) in [7, 11) is 1.74. The summed E-state index contributed by atoms with van der Waals surface area (Å²) in [5.74, 6) is 0.582. The van der Waals surface area contributed by atoms with Crippen molar-refractivity contribution in [1.29, 1.82) is 0 Å². The molecule has 2 aromatic heterocycles. The number of hydrogen-bond acceptors (Lipinski definition) is 5. The van der Waals surface area contributed by atoms with Crippen molar-refractivity contribution in [2.45, 2.75) is 58.8 Å². The lowest BCUT2D eigenvalue weighted by molar-refractivity contribution is -0.141. The van der Waals surface area contributed by atoms with E-state index in [1.54, 1.807) is 30.9 Å². The first kappa shape index (κ1) is 32.7. The maximum absolute atomic E-state index is 15.6. The van der Waals surface area contributed by atoms with Gasteiger partial charge in [-0.1, -0.05) is 51.5 Å². The van der Waals surface area contributed by atoms with Gasteiger partial charge in [0.15, 0.2) is 23.2 Å². The number of H-pyrrole nitrogens is 1. The van der Waals surface area contributed by atoms with Crippen LogP contribution in [0.5, 0.6) is 11.5 Å². The zero-order chi connectivity index (χ0) is 33.3. The molecule has 2 N–H and O–H groups in total. The molecule has 0 saturated heterocycles. The van der Waals surface area contributed by atoms with E-state index in [0.717, 1.165) is 52.8 Å². The number of fused-ring (bicyclic) bond motifs is 8. The SMILES string of the molecule is CC(Cc1cccc(C2CCCC(C)(C)CSCCc3c(c(F)cc4[nH]ccc34)Oc3ccc(F)c(c3)-c3nc2nn3C)c1)C(=O)O. The fraction of sp³-hybridized carbons (Fsp3) is 0.378. The van der Waals surface area contributed by atoms with Crippen LogP contribution in [0, 0.1) is 23.0 Å². The topological polar surface area (TPSA) is 93.0 Å². The molecule has 0 aliphatic carbocycles. The van der Waals surface area contributed by atoms with Crippen molar-refractivity contribution in [2.24, 2.45) is 18.4 Å². The zero-order valence-electron chi connectivity index (χ0n) is 27.1. The monoisotopic (exact) mass is 658 g/mol. The molecule has 1 aliphatic rings. The number of nitrogens with one attached hydrogen (secondary N) is 1. The van der Waals surface area contributed by atoms with Crippen LogP contribution in [0.4, 0.5) is 8.78 Å². The van der Waals surface area contributed by atoms with Crippen molar-refractivity contribution in [2.75, 3.05) is 11.5 Å². The molecule has 3 aromatic carbocycles. The average molecular weight is 659 g/mol. The molecule has 4 bridgehead atoms. The Bertz CT molecular complexity index is 1920. The summed E-state index contributed by atoms with van der Waals surface area (Å²) < 4.78 is 38.9. The van der Waals surface area contributed by atoms with Gasteiger partial charge in [0.1, 0.15) is 11.6 Å². The van der Waals surface area contributed by atoms with Crippen LogP contribution in [0.3, 0.4) is 0 Å². The van der Waals surface area contributed by atoms with Crippen molar-refractivity contribution in [3.63, 3.8) is 0 Å². The predicted octanol–water partition coefficient (Wildman–Crippen LogP) is 8.91. The second-order valence-electron chi connectivity index (χ2n) is 13.4. The maximum atomic E-state index is 15.6. The first-order valence-corrected chi connectivity index (χ1v) is 17.2. The highest BCUT2D eigenvalue weighted by Crippen LogP contribution is 2.39. The van der Waals surface area contributed by atoms with Gasteiger partial charge in [-0.15, -0.1) is 0 Å². The molecule has 1 aliphatic heterocycles. The number of aryl methyl sites for hydroxylation is 2. The number of nitrogens with zero attached hydrogens (tertiary/aromatic N) is 3. The Kier molecular flexibility index (Phi) is 9.41. The summed E-state index contributed by atoms with van der Waals surface area (Å²) in [5, 5.41) is 15.2. The minimum atomic E-state index is -0.833. The van der Waals surface area contributed by atoms with Crippen LogP contribution >= 0.6 is 11.8 Å². The largest absolute Gasteiger partial charge is 0.481 e. The summed E-state index contributed by atoms with van der Waals surface area (Å²) in [6.07, 6.45) is 5.49. The quantitative estimate of drug-likeness (QED) is 0.200. The third-order valence-corrected chi connectivity index (χ3v) is 10.5. The molecule has 0 spiro atoms. The number of hydrogen-bond donors (Lipinski definition) is 2. The molecular formula is C37H40F2N4O3S. The molecule has 0 saturated carbocycles. The molecule has 47 heavy (non-hydrogen) atoms. The van der Waals surface area contributed by atoms with E-state index in [9.17, 15) is 9.90 Å². The third-order valence-electron chi connectivity index (χ3n) is 9.01. The van der Waals surface area contributed by atoms with E-state index in [-0.39, 0.29) is 22.6 Å². The number of aromatic amines is 1. The normalized spacial score (nSPS) is 17.7. The van der Waals surface area contributed by atoms with Crippen LogP contribution in [0.1, 0.15) is 68.5 Å². The molecule has 2 atom stereocenters. The Morgan fingerprint density at radius 3 is 2.81 bits per heavy atom. The Morgan fingerprint density at radius 1 is 1.17 bits per heavy atom. The highest BCUT2D eigenvalue weighted by molar-refractivity contribution is 7.99. The number of carboxylic acids is 1. The number of aliphatic carboxylic acids is 1. The first-order valence-electron chi connectivity index (χ1n) is 16.1. The molecule has 0 fully saturated rings. The lowest BCUT2D eigenvalue weighted by Gasteiger charge is -2.25. The molecule has 5 aromatic rings. The molecule has 6 rings (SSSR count). The van der Waals surface area contributed by atoms with Crippen molar-refractivity contribution >= 4 is 28.6 Å². The van der Waals surface area contributed by atoms with Crippen LogP contribution < -0.4 is 4.74 Å². The van der Waals surface area contributed by atoms with Gasteiger partial charge in [0.05, 0.1) is 11.5 Å². The van der Waals surface area contributed by atoms with Crippen molar-refractivity contribution in [3.8, 4) is 22.9 Å². The Morgan fingerprint density at radius 2 is 2.00 bits per heavy atom. The molecular weight excluding hydrogens is 618 g/mol. The number of thioether (sulfide) groups is 1. The Balaban J connectivity index is 1.43. The van der Waals surface area contributed by atoms with Crippen LogP contribution in [0.25, 0.3) is 22.3 Å². The van der Waals surface area contributed by atoms with E-state index in [1.807, 2.05) is 36.0 Å². The second-order valence-corrected chi connectivity index (χ2v) is 14.5. The van der Waals surface area contributed by atoms with Crippen molar-refractivity contribution in [1.82, 2.24) is 19.7 Å². The van der Waals surface area contributed by atoms with Gasteiger partial charge in [-0.05, 0) is 78.0 Å². The molecule has 10 heteroatoms. The predicted molar refractivity (Wildman–Crippen MR) is 182 cm³/mol. The molecule has 0 amide bonds. The van der Waals surface area contributed by atoms with Gasteiger partial charge >= 0.3 is 5.97 Å². The summed E-state index contributed by atoms with van der Waals surface area (Å²) in [6, 6.07) is 15.7. The van der Waals surface area contributed by atoms with E-state index < -0.39 is 23.5 Å². The Labute approximate surface area is 277 Å². The number of halogens is 2. The summed E-state index contributed by atoms with van der Waals surface area (Å²) in [5.41, 5.74) is 3.68. The average Bonchev–Trinajstić information content (AvgIpc) is 3.65.